The predicted octanol–water partition coefficient (Wildman–Crippen LogP) is 0.960. The maximum absolute atomic E-state index is 13.0. The predicted molar refractivity (Wildman–Crippen MR) is 105 cm³/mol. The Balaban J connectivity index is 1.59. The Morgan fingerprint density at radius 1 is 1.21 bits per heavy atom. The standard InChI is InChI=1S/C20H31N5O3/c1-3-23-8-10-24(11-9-23)19(26)6-7-25(15-17-5-4-12-28-17)20(27)18-14-21-16(2)13-22-18/h13-14,17H,3-12,15H2,1-2H3. The third-order valence-electron chi connectivity index (χ3n) is 5.50. The monoisotopic (exact) mass is 389 g/mol. The molecule has 0 saturated carbocycles. The highest BCUT2D eigenvalue weighted by molar-refractivity contribution is 5.92. The summed E-state index contributed by atoms with van der Waals surface area (Å²) in [4.78, 5) is 39.9. The third kappa shape index (κ3) is 5.48. The summed E-state index contributed by atoms with van der Waals surface area (Å²) in [5.74, 6) is -0.0810. The van der Waals surface area contributed by atoms with Gasteiger partial charge in [0.1, 0.15) is 5.69 Å². The van der Waals surface area contributed by atoms with Crippen LogP contribution in [0.25, 0.3) is 0 Å². The number of nitrogens with zero attached hydrogens (tertiary/aromatic N) is 5. The molecule has 1 unspecified atom stereocenters. The van der Waals surface area contributed by atoms with Crippen molar-refractivity contribution in [2.75, 3.05) is 52.4 Å². The Morgan fingerprint density at radius 2 is 2.00 bits per heavy atom. The quantitative estimate of drug-likeness (QED) is 0.691. The minimum Gasteiger partial charge on any atom is -0.376 e. The average molecular weight is 390 g/mol. The first-order valence-corrected chi connectivity index (χ1v) is 10.3. The van der Waals surface area contributed by atoms with Crippen molar-refractivity contribution in [1.82, 2.24) is 24.7 Å². The molecule has 154 valence electrons. The summed E-state index contributed by atoms with van der Waals surface area (Å²) in [6, 6.07) is 0. The first kappa shape index (κ1) is 20.7. The van der Waals surface area contributed by atoms with Crippen LogP contribution in [0.15, 0.2) is 12.4 Å². The molecule has 0 spiro atoms. The molecule has 2 aliphatic rings. The van der Waals surface area contributed by atoms with Gasteiger partial charge in [-0.15, -0.1) is 0 Å². The lowest BCUT2D eigenvalue weighted by Crippen LogP contribution is -2.49. The first-order chi connectivity index (χ1) is 13.6. The van der Waals surface area contributed by atoms with E-state index < -0.39 is 0 Å². The van der Waals surface area contributed by atoms with Crippen molar-refractivity contribution in [3.63, 3.8) is 0 Å². The van der Waals surface area contributed by atoms with Crippen molar-refractivity contribution in [2.24, 2.45) is 0 Å². The first-order valence-electron chi connectivity index (χ1n) is 10.3. The van der Waals surface area contributed by atoms with E-state index in [0.29, 0.717) is 25.2 Å². The highest BCUT2D eigenvalue weighted by Gasteiger charge is 2.26. The normalized spacial score (nSPS) is 20.4. The van der Waals surface area contributed by atoms with Gasteiger partial charge in [-0.3, -0.25) is 14.6 Å². The van der Waals surface area contributed by atoms with Gasteiger partial charge in [0.2, 0.25) is 5.91 Å². The van der Waals surface area contributed by atoms with Crippen LogP contribution in [0.3, 0.4) is 0 Å². The van der Waals surface area contributed by atoms with Crippen LogP contribution in [0.5, 0.6) is 0 Å². The topological polar surface area (TPSA) is 78.9 Å². The number of amides is 2. The molecule has 0 aliphatic carbocycles. The molecule has 28 heavy (non-hydrogen) atoms. The molecule has 1 aromatic rings. The molecule has 2 amide bonds. The number of hydrogen-bond donors (Lipinski definition) is 0. The second-order valence-corrected chi connectivity index (χ2v) is 7.49. The van der Waals surface area contributed by atoms with Crippen LogP contribution in [-0.2, 0) is 9.53 Å². The van der Waals surface area contributed by atoms with Crippen molar-refractivity contribution in [1.29, 1.82) is 0 Å². The minimum absolute atomic E-state index is 0.0329. The number of aromatic nitrogens is 2. The fourth-order valence-electron chi connectivity index (χ4n) is 3.68. The van der Waals surface area contributed by atoms with Gasteiger partial charge >= 0.3 is 0 Å². The molecule has 2 fully saturated rings. The van der Waals surface area contributed by atoms with Crippen LogP contribution in [-0.4, -0.2) is 95.0 Å². The van der Waals surface area contributed by atoms with Gasteiger partial charge < -0.3 is 19.4 Å². The molecule has 0 radical (unpaired) electrons. The number of hydrogen-bond acceptors (Lipinski definition) is 6. The Kier molecular flexibility index (Phi) is 7.33. The van der Waals surface area contributed by atoms with Crippen molar-refractivity contribution < 1.29 is 14.3 Å². The Morgan fingerprint density at radius 3 is 2.61 bits per heavy atom. The zero-order chi connectivity index (χ0) is 19.9. The fourth-order valence-corrected chi connectivity index (χ4v) is 3.68. The van der Waals surface area contributed by atoms with Crippen molar-refractivity contribution >= 4 is 11.8 Å². The summed E-state index contributed by atoms with van der Waals surface area (Å²) >= 11 is 0. The van der Waals surface area contributed by atoms with Gasteiger partial charge in [0.25, 0.3) is 5.91 Å². The maximum atomic E-state index is 13.0. The van der Waals surface area contributed by atoms with Crippen molar-refractivity contribution in [3.8, 4) is 0 Å². The average Bonchev–Trinajstić information content (AvgIpc) is 3.24. The van der Waals surface area contributed by atoms with E-state index in [1.54, 1.807) is 11.1 Å². The Hall–Kier alpha value is -2.06. The molecular weight excluding hydrogens is 358 g/mol. The van der Waals surface area contributed by atoms with Gasteiger partial charge in [0.05, 0.1) is 18.0 Å². The van der Waals surface area contributed by atoms with E-state index >= 15 is 0 Å². The van der Waals surface area contributed by atoms with Crippen LogP contribution < -0.4 is 0 Å². The van der Waals surface area contributed by atoms with Gasteiger partial charge in [-0.25, -0.2) is 4.98 Å². The molecule has 1 aromatic heterocycles. The van der Waals surface area contributed by atoms with Gasteiger partial charge in [0.15, 0.2) is 0 Å². The minimum atomic E-state index is -0.188. The molecular formula is C20H31N5O3. The molecule has 0 bridgehead atoms. The van der Waals surface area contributed by atoms with E-state index in [1.165, 1.54) is 6.20 Å². The van der Waals surface area contributed by atoms with Crippen LogP contribution in [0.1, 0.15) is 42.4 Å². The smallest absolute Gasteiger partial charge is 0.274 e. The Labute approximate surface area is 166 Å². The van der Waals surface area contributed by atoms with E-state index in [-0.39, 0.29) is 17.9 Å². The molecule has 8 nitrogen and oxygen atoms in total. The van der Waals surface area contributed by atoms with Gasteiger partial charge in [-0.05, 0) is 26.3 Å². The molecule has 2 aliphatic heterocycles. The summed E-state index contributed by atoms with van der Waals surface area (Å²) in [6.07, 6.45) is 5.41. The van der Waals surface area contributed by atoms with E-state index in [2.05, 4.69) is 21.8 Å². The summed E-state index contributed by atoms with van der Waals surface area (Å²) in [6.45, 7) is 9.95. The van der Waals surface area contributed by atoms with E-state index in [1.807, 2.05) is 11.8 Å². The van der Waals surface area contributed by atoms with E-state index in [4.69, 9.17) is 4.74 Å². The molecule has 2 saturated heterocycles. The van der Waals surface area contributed by atoms with Gasteiger partial charge in [-0.1, -0.05) is 6.92 Å². The number of piperazine rings is 1. The van der Waals surface area contributed by atoms with Crippen molar-refractivity contribution in [2.45, 2.75) is 39.2 Å². The van der Waals surface area contributed by atoms with E-state index in [0.717, 1.165) is 57.9 Å². The summed E-state index contributed by atoms with van der Waals surface area (Å²) in [7, 11) is 0. The summed E-state index contributed by atoms with van der Waals surface area (Å²) in [5.41, 5.74) is 1.08. The van der Waals surface area contributed by atoms with Gasteiger partial charge in [-0.2, -0.15) is 0 Å². The number of rotatable bonds is 7. The molecule has 0 N–H and O–H groups in total. The van der Waals surface area contributed by atoms with Crippen LogP contribution in [0.2, 0.25) is 0 Å². The fraction of sp³-hybridized carbons (Fsp3) is 0.700. The number of carbonyl (C=O) groups excluding carboxylic acids is 2. The lowest BCUT2D eigenvalue weighted by atomic mass is 10.2. The SMILES string of the molecule is CCN1CCN(C(=O)CCN(CC2CCCO2)C(=O)c2cnc(C)cn2)CC1. The van der Waals surface area contributed by atoms with Crippen molar-refractivity contribution in [3.05, 3.63) is 23.8 Å². The van der Waals surface area contributed by atoms with Crippen LogP contribution >= 0.6 is 0 Å². The molecule has 3 heterocycles. The second-order valence-electron chi connectivity index (χ2n) is 7.49. The Bertz CT molecular complexity index is 652. The third-order valence-corrected chi connectivity index (χ3v) is 5.50. The number of ether oxygens (including phenoxy) is 1. The summed E-state index contributed by atoms with van der Waals surface area (Å²) in [5, 5.41) is 0. The molecule has 0 aromatic carbocycles. The number of aryl methyl sites for hydroxylation is 1. The number of likely N-dealkylation sites (N-methyl/N-ethyl adjacent to an activating group) is 1. The largest absolute Gasteiger partial charge is 0.376 e. The van der Waals surface area contributed by atoms with E-state index in [9.17, 15) is 9.59 Å². The zero-order valence-electron chi connectivity index (χ0n) is 17.0. The lowest BCUT2D eigenvalue weighted by Gasteiger charge is -2.34. The lowest BCUT2D eigenvalue weighted by molar-refractivity contribution is -0.133. The maximum Gasteiger partial charge on any atom is 0.274 e. The number of carbonyl (C=O) groups is 2. The summed E-state index contributed by atoms with van der Waals surface area (Å²) < 4.78 is 5.71. The molecule has 1 atom stereocenters. The highest BCUT2D eigenvalue weighted by atomic mass is 16.5. The van der Waals surface area contributed by atoms with Gasteiger partial charge in [0, 0.05) is 58.5 Å². The van der Waals surface area contributed by atoms with Crippen LogP contribution in [0, 0.1) is 6.92 Å². The highest BCUT2D eigenvalue weighted by Crippen LogP contribution is 2.15. The second kappa shape index (κ2) is 9.93. The van der Waals surface area contributed by atoms with Crippen LogP contribution in [0.4, 0.5) is 0 Å². The molecule has 3 rings (SSSR count). The molecule has 8 heteroatoms. The zero-order valence-corrected chi connectivity index (χ0v) is 17.0.